The SMILES string of the molecule is COc1cc(OC)cc(C(O)CNC(c2ccc(F)cn2)C(C)C)c1. The van der Waals surface area contributed by atoms with E-state index in [4.69, 9.17) is 9.47 Å². The number of hydrogen-bond acceptors (Lipinski definition) is 5. The van der Waals surface area contributed by atoms with Crippen molar-refractivity contribution in [2.45, 2.75) is 26.0 Å². The smallest absolute Gasteiger partial charge is 0.141 e. The van der Waals surface area contributed by atoms with Crippen LogP contribution in [0.1, 0.15) is 37.3 Å². The van der Waals surface area contributed by atoms with Gasteiger partial charge in [0.15, 0.2) is 0 Å². The third kappa shape index (κ3) is 5.14. The van der Waals surface area contributed by atoms with E-state index >= 15 is 0 Å². The Bertz CT molecular complexity index is 655. The zero-order valence-corrected chi connectivity index (χ0v) is 15.0. The molecule has 2 N–H and O–H groups in total. The van der Waals surface area contributed by atoms with Crippen molar-refractivity contribution in [2.24, 2.45) is 5.92 Å². The van der Waals surface area contributed by atoms with Gasteiger partial charge in [-0.05, 0) is 35.7 Å². The van der Waals surface area contributed by atoms with E-state index in [1.807, 2.05) is 13.8 Å². The molecule has 2 atom stereocenters. The number of methoxy groups -OCH3 is 2. The quantitative estimate of drug-likeness (QED) is 0.767. The lowest BCUT2D eigenvalue weighted by atomic mass is 9.99. The van der Waals surface area contributed by atoms with E-state index < -0.39 is 6.10 Å². The second-order valence-electron chi connectivity index (χ2n) is 6.19. The number of halogens is 1. The van der Waals surface area contributed by atoms with Crippen LogP contribution in [0.15, 0.2) is 36.5 Å². The minimum Gasteiger partial charge on any atom is -0.497 e. The Hall–Kier alpha value is -2.18. The number of ether oxygens (including phenoxy) is 2. The molecule has 2 aromatic rings. The monoisotopic (exact) mass is 348 g/mol. The van der Waals surface area contributed by atoms with E-state index in [1.165, 1.54) is 12.3 Å². The number of nitrogens with zero attached hydrogens (tertiary/aromatic N) is 1. The summed E-state index contributed by atoms with van der Waals surface area (Å²) >= 11 is 0. The highest BCUT2D eigenvalue weighted by molar-refractivity contribution is 5.39. The molecule has 136 valence electrons. The first-order valence-electron chi connectivity index (χ1n) is 8.20. The van der Waals surface area contributed by atoms with Gasteiger partial charge in [-0.2, -0.15) is 0 Å². The Balaban J connectivity index is 2.11. The van der Waals surface area contributed by atoms with E-state index in [0.29, 0.717) is 23.6 Å². The average molecular weight is 348 g/mol. The molecule has 0 saturated heterocycles. The van der Waals surface area contributed by atoms with Gasteiger partial charge < -0.3 is 19.9 Å². The molecule has 0 amide bonds. The maximum absolute atomic E-state index is 13.1. The first-order valence-corrected chi connectivity index (χ1v) is 8.20. The fourth-order valence-electron chi connectivity index (χ4n) is 2.63. The van der Waals surface area contributed by atoms with Crippen LogP contribution in [0, 0.1) is 11.7 Å². The van der Waals surface area contributed by atoms with E-state index in [9.17, 15) is 9.50 Å². The van der Waals surface area contributed by atoms with Gasteiger partial charge in [0.05, 0.1) is 38.3 Å². The van der Waals surface area contributed by atoms with Gasteiger partial charge in [-0.3, -0.25) is 4.98 Å². The highest BCUT2D eigenvalue weighted by Crippen LogP contribution is 2.27. The van der Waals surface area contributed by atoms with Crippen molar-refractivity contribution in [3.05, 3.63) is 53.6 Å². The molecule has 25 heavy (non-hydrogen) atoms. The summed E-state index contributed by atoms with van der Waals surface area (Å²) in [6.45, 7) is 4.41. The molecular formula is C19H25FN2O3. The van der Waals surface area contributed by atoms with Crippen LogP contribution >= 0.6 is 0 Å². The summed E-state index contributed by atoms with van der Waals surface area (Å²) in [4.78, 5) is 4.15. The fraction of sp³-hybridized carbons (Fsp3) is 0.421. The van der Waals surface area contributed by atoms with Crippen molar-refractivity contribution >= 4 is 0 Å². The van der Waals surface area contributed by atoms with Crippen LogP contribution in [0.4, 0.5) is 4.39 Å². The number of nitrogens with one attached hydrogen (secondary N) is 1. The highest BCUT2D eigenvalue weighted by Gasteiger charge is 2.19. The van der Waals surface area contributed by atoms with Gasteiger partial charge in [-0.15, -0.1) is 0 Å². The van der Waals surface area contributed by atoms with Crippen LogP contribution in [0.2, 0.25) is 0 Å². The number of benzene rings is 1. The molecule has 0 saturated carbocycles. The van der Waals surface area contributed by atoms with Gasteiger partial charge in [0.25, 0.3) is 0 Å². The molecule has 1 heterocycles. The van der Waals surface area contributed by atoms with Crippen LogP contribution in [0.5, 0.6) is 11.5 Å². The summed E-state index contributed by atoms with van der Waals surface area (Å²) in [5, 5.41) is 13.8. The summed E-state index contributed by atoms with van der Waals surface area (Å²) < 4.78 is 23.6. The van der Waals surface area contributed by atoms with Gasteiger partial charge >= 0.3 is 0 Å². The maximum atomic E-state index is 13.1. The van der Waals surface area contributed by atoms with Crippen LogP contribution < -0.4 is 14.8 Å². The summed E-state index contributed by atoms with van der Waals surface area (Å²) in [6, 6.07) is 8.26. The fourth-order valence-corrected chi connectivity index (χ4v) is 2.63. The molecule has 0 radical (unpaired) electrons. The Morgan fingerprint density at radius 2 is 1.76 bits per heavy atom. The lowest BCUT2D eigenvalue weighted by Gasteiger charge is -2.24. The zero-order valence-electron chi connectivity index (χ0n) is 15.0. The normalized spacial score (nSPS) is 13.6. The molecular weight excluding hydrogens is 323 g/mol. The van der Waals surface area contributed by atoms with Gasteiger partial charge in [0, 0.05) is 12.6 Å². The summed E-state index contributed by atoms with van der Waals surface area (Å²) in [7, 11) is 3.14. The molecule has 0 aliphatic heterocycles. The first-order chi connectivity index (χ1) is 11.9. The third-order valence-electron chi connectivity index (χ3n) is 4.03. The van der Waals surface area contributed by atoms with Crippen molar-refractivity contribution in [3.8, 4) is 11.5 Å². The number of aliphatic hydroxyl groups excluding tert-OH is 1. The number of rotatable bonds is 8. The largest absolute Gasteiger partial charge is 0.497 e. The molecule has 6 heteroatoms. The predicted molar refractivity (Wildman–Crippen MR) is 94.3 cm³/mol. The number of hydrogen-bond donors (Lipinski definition) is 2. The molecule has 0 aliphatic carbocycles. The lowest BCUT2D eigenvalue weighted by molar-refractivity contribution is 0.164. The first kappa shape index (κ1) is 19.1. The maximum Gasteiger partial charge on any atom is 0.141 e. The molecule has 2 unspecified atom stereocenters. The second-order valence-corrected chi connectivity index (χ2v) is 6.19. The van der Waals surface area contributed by atoms with Crippen LogP contribution in [0.25, 0.3) is 0 Å². The van der Waals surface area contributed by atoms with Crippen LogP contribution in [-0.2, 0) is 0 Å². The molecule has 0 fully saturated rings. The Morgan fingerprint density at radius 3 is 2.24 bits per heavy atom. The van der Waals surface area contributed by atoms with Crippen molar-refractivity contribution in [1.29, 1.82) is 0 Å². The number of aromatic nitrogens is 1. The lowest BCUT2D eigenvalue weighted by Crippen LogP contribution is -2.30. The van der Waals surface area contributed by atoms with Gasteiger partial charge in [0.2, 0.25) is 0 Å². The number of pyridine rings is 1. The van der Waals surface area contributed by atoms with E-state index in [0.717, 1.165) is 5.69 Å². The molecule has 0 aliphatic rings. The Morgan fingerprint density at radius 1 is 1.12 bits per heavy atom. The topological polar surface area (TPSA) is 63.6 Å². The number of aliphatic hydroxyl groups is 1. The van der Waals surface area contributed by atoms with Crippen molar-refractivity contribution in [2.75, 3.05) is 20.8 Å². The standard InChI is InChI=1S/C19H25FN2O3/c1-12(2)19(17-6-5-14(20)10-21-17)22-11-18(23)13-7-15(24-3)9-16(8-13)25-4/h5-10,12,18-19,22-23H,11H2,1-4H3. The second kappa shape index (κ2) is 8.78. The minimum atomic E-state index is -0.745. The Labute approximate surface area is 147 Å². The molecule has 0 bridgehead atoms. The predicted octanol–water partition coefficient (Wildman–Crippen LogP) is 3.26. The van der Waals surface area contributed by atoms with Gasteiger partial charge in [-0.1, -0.05) is 13.8 Å². The highest BCUT2D eigenvalue weighted by atomic mass is 19.1. The van der Waals surface area contributed by atoms with Crippen molar-refractivity contribution < 1.29 is 19.0 Å². The molecule has 1 aromatic heterocycles. The van der Waals surface area contributed by atoms with E-state index in [2.05, 4.69) is 10.3 Å². The average Bonchev–Trinajstić information content (AvgIpc) is 2.62. The van der Waals surface area contributed by atoms with Crippen LogP contribution in [0.3, 0.4) is 0 Å². The zero-order chi connectivity index (χ0) is 18.4. The summed E-state index contributed by atoms with van der Waals surface area (Å²) in [5.41, 5.74) is 1.44. The Kier molecular flexibility index (Phi) is 6.73. The summed E-state index contributed by atoms with van der Waals surface area (Å²) in [5.74, 6) is 1.10. The molecule has 2 rings (SSSR count). The summed E-state index contributed by atoms with van der Waals surface area (Å²) in [6.07, 6.45) is 0.459. The van der Waals surface area contributed by atoms with E-state index in [1.54, 1.807) is 38.5 Å². The van der Waals surface area contributed by atoms with Crippen molar-refractivity contribution in [3.63, 3.8) is 0 Å². The van der Waals surface area contributed by atoms with Crippen molar-refractivity contribution in [1.82, 2.24) is 10.3 Å². The molecule has 1 aromatic carbocycles. The van der Waals surface area contributed by atoms with E-state index in [-0.39, 0.29) is 17.8 Å². The van der Waals surface area contributed by atoms with Gasteiger partial charge in [0.1, 0.15) is 17.3 Å². The molecule has 0 spiro atoms. The minimum absolute atomic E-state index is 0.0947. The molecule has 5 nitrogen and oxygen atoms in total. The van der Waals surface area contributed by atoms with Gasteiger partial charge in [-0.25, -0.2) is 4.39 Å². The third-order valence-corrected chi connectivity index (χ3v) is 4.03. The van der Waals surface area contributed by atoms with Crippen LogP contribution in [-0.4, -0.2) is 30.9 Å².